The summed E-state index contributed by atoms with van der Waals surface area (Å²) >= 11 is 0. The highest BCUT2D eigenvalue weighted by molar-refractivity contribution is 5.79. The zero-order chi connectivity index (χ0) is 13.8. The third-order valence-electron chi connectivity index (χ3n) is 2.91. The summed E-state index contributed by atoms with van der Waals surface area (Å²) in [5.41, 5.74) is 0. The van der Waals surface area contributed by atoms with Crippen LogP contribution in [0.15, 0.2) is 18.3 Å². The monoisotopic (exact) mass is 265 g/mol. The van der Waals surface area contributed by atoms with Crippen LogP contribution < -0.4 is 15.0 Å². The van der Waals surface area contributed by atoms with Crippen molar-refractivity contribution in [2.75, 3.05) is 24.5 Å². The summed E-state index contributed by atoms with van der Waals surface area (Å²) in [6, 6.07) is 3.00. The molecule has 104 valence electrons. The Kier molecular flexibility index (Phi) is 4.21. The summed E-state index contributed by atoms with van der Waals surface area (Å²) in [4.78, 5) is 17.4. The van der Waals surface area contributed by atoms with Crippen molar-refractivity contribution < 1.29 is 14.6 Å². The molecule has 2 rings (SSSR count). The maximum absolute atomic E-state index is 11.3. The Morgan fingerprint density at radius 1 is 1.63 bits per heavy atom. The van der Waals surface area contributed by atoms with Gasteiger partial charge in [-0.25, -0.2) is 9.78 Å². The first-order chi connectivity index (χ1) is 9.09. The van der Waals surface area contributed by atoms with Crippen LogP contribution in [0.1, 0.15) is 13.8 Å². The number of carboxylic acids is 1. The van der Waals surface area contributed by atoms with Gasteiger partial charge in [-0.05, 0) is 26.0 Å². The number of carboxylic acid groups (broad SMARTS) is 1. The molecular weight excluding hydrogens is 246 g/mol. The van der Waals surface area contributed by atoms with Gasteiger partial charge in [-0.3, -0.25) is 0 Å². The van der Waals surface area contributed by atoms with Crippen molar-refractivity contribution in [1.29, 1.82) is 0 Å². The van der Waals surface area contributed by atoms with Gasteiger partial charge in [-0.2, -0.15) is 0 Å². The number of piperazine rings is 1. The second-order valence-electron chi connectivity index (χ2n) is 4.74. The molecule has 0 radical (unpaired) electrons. The Labute approximate surface area is 112 Å². The molecule has 1 aromatic heterocycles. The molecule has 6 heteroatoms. The minimum Gasteiger partial charge on any atom is -0.487 e. The summed E-state index contributed by atoms with van der Waals surface area (Å²) in [6.45, 7) is 5.61. The zero-order valence-corrected chi connectivity index (χ0v) is 11.2. The number of aromatic nitrogens is 1. The van der Waals surface area contributed by atoms with E-state index in [1.807, 2.05) is 19.9 Å². The highest BCUT2D eigenvalue weighted by Crippen LogP contribution is 2.28. The summed E-state index contributed by atoms with van der Waals surface area (Å²) in [5, 5.41) is 12.4. The van der Waals surface area contributed by atoms with Crippen molar-refractivity contribution in [3.05, 3.63) is 18.3 Å². The minimum absolute atomic E-state index is 0.0224. The van der Waals surface area contributed by atoms with Crippen LogP contribution in [-0.4, -0.2) is 47.8 Å². The van der Waals surface area contributed by atoms with Crippen LogP contribution >= 0.6 is 0 Å². The van der Waals surface area contributed by atoms with Crippen LogP contribution in [-0.2, 0) is 4.79 Å². The fourth-order valence-corrected chi connectivity index (χ4v) is 2.12. The molecule has 0 aromatic carbocycles. The normalized spacial score (nSPS) is 19.5. The number of hydrogen-bond acceptors (Lipinski definition) is 5. The van der Waals surface area contributed by atoms with Crippen molar-refractivity contribution in [2.24, 2.45) is 0 Å². The Bertz CT molecular complexity index is 451. The first kappa shape index (κ1) is 13.6. The highest BCUT2D eigenvalue weighted by atomic mass is 16.5. The SMILES string of the molecule is CC(C)Oc1cccnc1N1CCNCC1C(=O)O. The maximum Gasteiger partial charge on any atom is 0.327 e. The van der Waals surface area contributed by atoms with E-state index in [1.54, 1.807) is 17.2 Å². The molecule has 1 saturated heterocycles. The molecule has 0 amide bonds. The summed E-state index contributed by atoms with van der Waals surface area (Å²) in [7, 11) is 0. The molecule has 1 unspecified atom stereocenters. The first-order valence-electron chi connectivity index (χ1n) is 6.41. The molecular formula is C13H19N3O3. The summed E-state index contributed by atoms with van der Waals surface area (Å²) in [6.07, 6.45) is 1.68. The van der Waals surface area contributed by atoms with Gasteiger partial charge in [0.05, 0.1) is 6.10 Å². The Morgan fingerprint density at radius 3 is 3.11 bits per heavy atom. The number of aliphatic carboxylic acids is 1. The van der Waals surface area contributed by atoms with Crippen LogP contribution in [0.3, 0.4) is 0 Å². The van der Waals surface area contributed by atoms with Gasteiger partial charge >= 0.3 is 5.97 Å². The minimum atomic E-state index is -0.853. The van der Waals surface area contributed by atoms with E-state index in [9.17, 15) is 9.90 Å². The molecule has 0 saturated carbocycles. The Balaban J connectivity index is 2.30. The topological polar surface area (TPSA) is 74.7 Å². The third-order valence-corrected chi connectivity index (χ3v) is 2.91. The van der Waals surface area contributed by atoms with Gasteiger partial charge in [0.2, 0.25) is 0 Å². The molecule has 1 aliphatic heterocycles. The maximum atomic E-state index is 11.3. The number of hydrogen-bond donors (Lipinski definition) is 2. The number of rotatable bonds is 4. The number of carbonyl (C=O) groups is 1. The van der Waals surface area contributed by atoms with Gasteiger partial charge in [0, 0.05) is 25.8 Å². The standard InChI is InChI=1S/C13H19N3O3/c1-9(2)19-11-4-3-5-15-12(11)16-7-6-14-8-10(16)13(17)18/h3-5,9-10,14H,6-8H2,1-2H3,(H,17,18). The predicted octanol–water partition coefficient (Wildman–Crippen LogP) is 0.732. The Hall–Kier alpha value is -1.82. The van der Waals surface area contributed by atoms with Crippen molar-refractivity contribution in [1.82, 2.24) is 10.3 Å². The van der Waals surface area contributed by atoms with Crippen molar-refractivity contribution in [3.8, 4) is 5.75 Å². The number of ether oxygens (including phenoxy) is 1. The van der Waals surface area contributed by atoms with Gasteiger partial charge in [-0.15, -0.1) is 0 Å². The number of pyridine rings is 1. The second-order valence-corrected chi connectivity index (χ2v) is 4.74. The highest BCUT2D eigenvalue weighted by Gasteiger charge is 2.31. The quantitative estimate of drug-likeness (QED) is 0.836. The van der Waals surface area contributed by atoms with Gasteiger partial charge in [0.25, 0.3) is 0 Å². The Morgan fingerprint density at radius 2 is 2.42 bits per heavy atom. The fraction of sp³-hybridized carbons (Fsp3) is 0.538. The number of nitrogens with zero attached hydrogens (tertiary/aromatic N) is 2. The van der Waals surface area contributed by atoms with E-state index >= 15 is 0 Å². The number of nitrogens with one attached hydrogen (secondary N) is 1. The lowest BCUT2D eigenvalue weighted by atomic mass is 10.2. The molecule has 1 fully saturated rings. The van der Waals surface area contributed by atoms with Gasteiger partial charge in [0.1, 0.15) is 6.04 Å². The van der Waals surface area contributed by atoms with Crippen molar-refractivity contribution in [2.45, 2.75) is 26.0 Å². The van der Waals surface area contributed by atoms with Crippen molar-refractivity contribution >= 4 is 11.8 Å². The van der Waals surface area contributed by atoms with Crippen LogP contribution in [0.4, 0.5) is 5.82 Å². The van der Waals surface area contributed by atoms with Gasteiger partial charge < -0.3 is 20.1 Å². The smallest absolute Gasteiger partial charge is 0.327 e. The van der Waals surface area contributed by atoms with Gasteiger partial charge in [0.15, 0.2) is 11.6 Å². The van der Waals surface area contributed by atoms with Crippen LogP contribution in [0.2, 0.25) is 0 Å². The third kappa shape index (κ3) is 3.14. The van der Waals surface area contributed by atoms with E-state index in [0.29, 0.717) is 24.7 Å². The summed E-state index contributed by atoms with van der Waals surface area (Å²) in [5.74, 6) is 0.379. The molecule has 2 N–H and O–H groups in total. The lowest BCUT2D eigenvalue weighted by molar-refractivity contribution is -0.138. The molecule has 0 aliphatic carbocycles. The van der Waals surface area contributed by atoms with Crippen LogP contribution in [0, 0.1) is 0 Å². The molecule has 2 heterocycles. The van der Waals surface area contributed by atoms with Gasteiger partial charge in [-0.1, -0.05) is 0 Å². The fourth-order valence-electron chi connectivity index (χ4n) is 2.12. The van der Waals surface area contributed by atoms with Crippen molar-refractivity contribution in [3.63, 3.8) is 0 Å². The lowest BCUT2D eigenvalue weighted by Gasteiger charge is -2.35. The van der Waals surface area contributed by atoms with E-state index < -0.39 is 12.0 Å². The average Bonchev–Trinajstić information content (AvgIpc) is 2.38. The van der Waals surface area contributed by atoms with E-state index in [4.69, 9.17) is 4.74 Å². The molecule has 1 aliphatic rings. The molecule has 6 nitrogen and oxygen atoms in total. The van der Waals surface area contributed by atoms with E-state index in [-0.39, 0.29) is 6.10 Å². The predicted molar refractivity (Wildman–Crippen MR) is 71.6 cm³/mol. The molecule has 19 heavy (non-hydrogen) atoms. The number of anilines is 1. The molecule has 1 atom stereocenters. The largest absolute Gasteiger partial charge is 0.487 e. The molecule has 0 spiro atoms. The van der Waals surface area contributed by atoms with E-state index in [2.05, 4.69) is 10.3 Å². The molecule has 0 bridgehead atoms. The van der Waals surface area contributed by atoms with E-state index in [1.165, 1.54) is 0 Å². The lowest BCUT2D eigenvalue weighted by Crippen LogP contribution is -2.55. The average molecular weight is 265 g/mol. The molecule has 1 aromatic rings. The first-order valence-corrected chi connectivity index (χ1v) is 6.41. The summed E-state index contributed by atoms with van der Waals surface area (Å²) < 4.78 is 5.71. The second kappa shape index (κ2) is 5.88. The zero-order valence-electron chi connectivity index (χ0n) is 11.2. The van der Waals surface area contributed by atoms with E-state index in [0.717, 1.165) is 6.54 Å². The van der Waals surface area contributed by atoms with Crippen LogP contribution in [0.5, 0.6) is 5.75 Å². The van der Waals surface area contributed by atoms with Crippen LogP contribution in [0.25, 0.3) is 0 Å².